The van der Waals surface area contributed by atoms with Crippen LogP contribution in [-0.2, 0) is 11.2 Å². The number of nitrogens with one attached hydrogen (secondary N) is 1. The normalized spacial score (nSPS) is 16.9. The summed E-state index contributed by atoms with van der Waals surface area (Å²) in [6.45, 7) is 4.35. The van der Waals surface area contributed by atoms with Gasteiger partial charge in [-0.15, -0.1) is 0 Å². The van der Waals surface area contributed by atoms with Gasteiger partial charge in [-0.2, -0.15) is 0 Å². The van der Waals surface area contributed by atoms with Crippen molar-refractivity contribution in [1.82, 2.24) is 5.32 Å². The first-order chi connectivity index (χ1) is 12.2. The van der Waals surface area contributed by atoms with Crippen molar-refractivity contribution in [2.75, 3.05) is 6.61 Å². The zero-order chi connectivity index (χ0) is 17.6. The van der Waals surface area contributed by atoms with E-state index in [1.54, 1.807) is 0 Å². The molecule has 1 atom stereocenters. The first-order valence-corrected chi connectivity index (χ1v) is 8.84. The molecule has 0 bridgehead atoms. The van der Waals surface area contributed by atoms with Crippen molar-refractivity contribution in [1.29, 1.82) is 0 Å². The number of carbonyl (C=O) groups excluding carboxylic acids is 1. The lowest BCUT2D eigenvalue weighted by Gasteiger charge is -2.23. The van der Waals surface area contributed by atoms with Gasteiger partial charge >= 0.3 is 0 Å². The van der Waals surface area contributed by atoms with Gasteiger partial charge in [0.15, 0.2) is 0 Å². The monoisotopic (exact) mass is 336 g/mol. The van der Waals surface area contributed by atoms with Gasteiger partial charge in [-0.1, -0.05) is 42.0 Å². The van der Waals surface area contributed by atoms with Crippen molar-refractivity contribution in [3.05, 3.63) is 70.8 Å². The summed E-state index contributed by atoms with van der Waals surface area (Å²) in [4.78, 5) is 17.2. The minimum Gasteiger partial charge on any atom is -0.465 e. The molecule has 0 heterocycles. The smallest absolute Gasteiger partial charge is 0.292 e. The molecular weight excluding hydrogens is 312 g/mol. The summed E-state index contributed by atoms with van der Waals surface area (Å²) >= 11 is 0. The Kier molecular flexibility index (Phi) is 5.49. The second-order valence-corrected chi connectivity index (χ2v) is 6.29. The number of fused-ring (bicyclic) bond motifs is 1. The average Bonchev–Trinajstić information content (AvgIpc) is 2.63. The lowest BCUT2D eigenvalue weighted by molar-refractivity contribution is 0.0966. The number of aliphatic imine (C=N–C) groups is 1. The number of amidine groups is 1. The number of rotatable bonds is 3. The minimum absolute atomic E-state index is 0.0322. The molecule has 130 valence electrons. The van der Waals surface area contributed by atoms with Gasteiger partial charge in [0.1, 0.15) is 0 Å². The number of amides is 1. The largest absolute Gasteiger partial charge is 0.465 e. The van der Waals surface area contributed by atoms with E-state index in [0.717, 1.165) is 24.8 Å². The molecule has 0 spiro atoms. The summed E-state index contributed by atoms with van der Waals surface area (Å²) in [5.41, 5.74) is 4.29. The molecule has 2 aromatic carbocycles. The lowest BCUT2D eigenvalue weighted by Crippen LogP contribution is -2.33. The van der Waals surface area contributed by atoms with Crippen LogP contribution in [0, 0.1) is 6.92 Å². The third-order valence-corrected chi connectivity index (χ3v) is 4.43. The fourth-order valence-electron chi connectivity index (χ4n) is 3.12. The van der Waals surface area contributed by atoms with Gasteiger partial charge in [-0.3, -0.25) is 10.1 Å². The minimum atomic E-state index is -0.198. The van der Waals surface area contributed by atoms with Crippen molar-refractivity contribution >= 4 is 11.9 Å². The highest BCUT2D eigenvalue weighted by molar-refractivity contribution is 6.04. The summed E-state index contributed by atoms with van der Waals surface area (Å²) in [5, 5.41) is 2.82. The maximum atomic E-state index is 12.5. The van der Waals surface area contributed by atoms with Crippen molar-refractivity contribution in [3.8, 4) is 0 Å². The van der Waals surface area contributed by atoms with Gasteiger partial charge < -0.3 is 4.74 Å². The maximum absolute atomic E-state index is 12.5. The van der Waals surface area contributed by atoms with Crippen LogP contribution in [0.5, 0.6) is 0 Å². The van der Waals surface area contributed by atoms with Crippen LogP contribution in [-0.4, -0.2) is 18.5 Å². The van der Waals surface area contributed by atoms with Gasteiger partial charge in [-0.25, -0.2) is 4.99 Å². The Balaban J connectivity index is 1.80. The number of hydrogen-bond acceptors (Lipinski definition) is 3. The molecule has 0 unspecified atom stereocenters. The molecule has 2 aromatic rings. The molecule has 0 saturated carbocycles. The molecule has 0 aromatic heterocycles. The van der Waals surface area contributed by atoms with E-state index in [4.69, 9.17) is 9.73 Å². The Labute approximate surface area is 148 Å². The van der Waals surface area contributed by atoms with E-state index in [1.807, 2.05) is 44.2 Å². The number of ether oxygens (including phenoxy) is 1. The number of hydrogen-bond donors (Lipinski definition) is 1. The van der Waals surface area contributed by atoms with Crippen molar-refractivity contribution in [2.45, 2.75) is 39.2 Å². The Hall–Kier alpha value is -2.62. The van der Waals surface area contributed by atoms with E-state index in [-0.39, 0.29) is 11.9 Å². The Morgan fingerprint density at radius 3 is 2.72 bits per heavy atom. The van der Waals surface area contributed by atoms with E-state index in [0.29, 0.717) is 18.2 Å². The first kappa shape index (κ1) is 17.2. The second-order valence-electron chi connectivity index (χ2n) is 6.29. The summed E-state index contributed by atoms with van der Waals surface area (Å²) in [7, 11) is 0. The molecule has 0 saturated heterocycles. The first-order valence-electron chi connectivity index (χ1n) is 8.84. The number of aryl methyl sites for hydroxylation is 2. The molecule has 1 amide bonds. The van der Waals surface area contributed by atoms with Crippen LogP contribution in [0.15, 0.2) is 53.5 Å². The predicted octanol–water partition coefficient (Wildman–Crippen LogP) is 4.19. The second kappa shape index (κ2) is 7.97. The standard InChI is InChI=1S/C21H24N2O2/c1-3-25-21(23-20(24)17-13-11-15(2)12-14-17)22-19-10-6-8-16-7-4-5-9-18(16)19/h4-5,7,9,11-14,19H,3,6,8,10H2,1-2H3,(H,22,23,24)/t19-/m0/s1. The molecule has 1 N–H and O–H groups in total. The highest BCUT2D eigenvalue weighted by atomic mass is 16.5. The lowest BCUT2D eigenvalue weighted by atomic mass is 9.88. The molecule has 0 fully saturated rings. The number of nitrogens with zero attached hydrogens (tertiary/aromatic N) is 1. The topological polar surface area (TPSA) is 50.7 Å². The highest BCUT2D eigenvalue weighted by Gasteiger charge is 2.21. The fraction of sp³-hybridized carbons (Fsp3) is 0.333. The summed E-state index contributed by atoms with van der Waals surface area (Å²) in [5.74, 6) is -0.198. The van der Waals surface area contributed by atoms with Crippen LogP contribution in [0.4, 0.5) is 0 Å². The van der Waals surface area contributed by atoms with Crippen LogP contribution < -0.4 is 5.32 Å². The molecule has 0 aliphatic heterocycles. The quantitative estimate of drug-likeness (QED) is 0.675. The van der Waals surface area contributed by atoms with Gasteiger partial charge in [0.2, 0.25) is 0 Å². The number of carbonyl (C=O) groups is 1. The van der Waals surface area contributed by atoms with Crippen molar-refractivity contribution in [3.63, 3.8) is 0 Å². The maximum Gasteiger partial charge on any atom is 0.292 e. The van der Waals surface area contributed by atoms with Crippen LogP contribution in [0.25, 0.3) is 0 Å². The van der Waals surface area contributed by atoms with E-state index in [9.17, 15) is 4.79 Å². The van der Waals surface area contributed by atoms with Crippen LogP contribution in [0.2, 0.25) is 0 Å². The summed E-state index contributed by atoms with van der Waals surface area (Å²) in [6, 6.07) is 16.2. The summed E-state index contributed by atoms with van der Waals surface area (Å²) in [6.07, 6.45) is 3.15. The summed E-state index contributed by atoms with van der Waals surface area (Å²) < 4.78 is 5.59. The van der Waals surface area contributed by atoms with Crippen LogP contribution in [0.3, 0.4) is 0 Å². The van der Waals surface area contributed by atoms with Crippen LogP contribution >= 0.6 is 0 Å². The Morgan fingerprint density at radius 2 is 1.96 bits per heavy atom. The van der Waals surface area contributed by atoms with Crippen molar-refractivity contribution < 1.29 is 9.53 Å². The van der Waals surface area contributed by atoms with Gasteiger partial charge in [-0.05, 0) is 56.4 Å². The Morgan fingerprint density at radius 1 is 1.20 bits per heavy atom. The van der Waals surface area contributed by atoms with Crippen molar-refractivity contribution in [2.24, 2.45) is 4.99 Å². The molecule has 0 radical (unpaired) electrons. The average molecular weight is 336 g/mol. The fourth-order valence-corrected chi connectivity index (χ4v) is 3.12. The van der Waals surface area contributed by atoms with Gasteiger partial charge in [0, 0.05) is 5.56 Å². The van der Waals surface area contributed by atoms with E-state index >= 15 is 0 Å². The third kappa shape index (κ3) is 4.27. The molecule has 1 aliphatic carbocycles. The van der Waals surface area contributed by atoms with Gasteiger partial charge in [0.25, 0.3) is 11.9 Å². The molecular formula is C21H24N2O2. The zero-order valence-corrected chi connectivity index (χ0v) is 14.8. The molecule has 4 nitrogen and oxygen atoms in total. The number of benzene rings is 2. The van der Waals surface area contributed by atoms with E-state index in [2.05, 4.69) is 23.5 Å². The molecule has 3 rings (SSSR count). The van der Waals surface area contributed by atoms with Crippen LogP contribution in [0.1, 0.15) is 52.9 Å². The molecule has 4 heteroatoms. The SMILES string of the molecule is CCOC(=N[C@H]1CCCc2ccccc21)NC(=O)c1ccc(C)cc1. The molecule has 25 heavy (non-hydrogen) atoms. The predicted molar refractivity (Wildman–Crippen MR) is 99.8 cm³/mol. The Bertz CT molecular complexity index is 766. The van der Waals surface area contributed by atoms with E-state index < -0.39 is 0 Å². The molecule has 1 aliphatic rings. The van der Waals surface area contributed by atoms with E-state index in [1.165, 1.54) is 11.1 Å². The van der Waals surface area contributed by atoms with Gasteiger partial charge in [0.05, 0.1) is 12.6 Å². The zero-order valence-electron chi connectivity index (χ0n) is 14.8. The third-order valence-electron chi connectivity index (χ3n) is 4.43. The highest BCUT2D eigenvalue weighted by Crippen LogP contribution is 2.32.